The molecule has 0 aliphatic heterocycles. The molecule has 134 valence electrons. The second-order valence-electron chi connectivity index (χ2n) is 6.34. The van der Waals surface area contributed by atoms with Crippen molar-refractivity contribution in [3.05, 3.63) is 36.5 Å². The molecule has 0 unspecified atom stereocenters. The van der Waals surface area contributed by atoms with Crippen molar-refractivity contribution in [2.75, 3.05) is 6.54 Å². The predicted octanol–water partition coefficient (Wildman–Crippen LogP) is 5.57. The lowest BCUT2D eigenvalue weighted by molar-refractivity contribution is -0.116. The maximum absolute atomic E-state index is 11.4. The Hall–Kier alpha value is -1.75. The summed E-state index contributed by atoms with van der Waals surface area (Å²) in [6.07, 6.45) is 20.7. The molecule has 0 aliphatic carbocycles. The van der Waals surface area contributed by atoms with E-state index in [1.54, 1.807) is 12.2 Å². The van der Waals surface area contributed by atoms with Gasteiger partial charge < -0.3 is 5.32 Å². The zero-order valence-electron chi connectivity index (χ0n) is 15.8. The summed E-state index contributed by atoms with van der Waals surface area (Å²) in [4.78, 5) is 11.4. The van der Waals surface area contributed by atoms with E-state index in [0.717, 1.165) is 38.6 Å². The van der Waals surface area contributed by atoms with Crippen LogP contribution in [0.4, 0.5) is 0 Å². The summed E-state index contributed by atoms with van der Waals surface area (Å²) < 4.78 is 0. The molecule has 0 saturated heterocycles. The molecule has 24 heavy (non-hydrogen) atoms. The summed E-state index contributed by atoms with van der Waals surface area (Å²) >= 11 is 0. The lowest BCUT2D eigenvalue weighted by Gasteiger charge is -2.03. The Kier molecular flexibility index (Phi) is 16.3. The molecule has 0 fully saturated rings. The summed E-state index contributed by atoms with van der Waals surface area (Å²) in [5, 5.41) is 2.85. The number of unbranched alkanes of at least 4 members (excludes halogenated alkanes) is 5. The molecule has 0 aromatic carbocycles. The van der Waals surface area contributed by atoms with Gasteiger partial charge in [0.15, 0.2) is 0 Å². The van der Waals surface area contributed by atoms with E-state index in [-0.39, 0.29) is 5.91 Å². The van der Waals surface area contributed by atoms with E-state index in [2.05, 4.69) is 56.2 Å². The van der Waals surface area contributed by atoms with Gasteiger partial charge in [0.1, 0.15) is 0 Å². The molecule has 0 spiro atoms. The zero-order chi connectivity index (χ0) is 17.9. The number of hydrogen-bond acceptors (Lipinski definition) is 1. The van der Waals surface area contributed by atoms with E-state index >= 15 is 0 Å². The molecule has 2 nitrogen and oxygen atoms in total. The van der Waals surface area contributed by atoms with Gasteiger partial charge in [-0.1, -0.05) is 69.9 Å². The molecule has 0 aromatic heterocycles. The second-order valence-corrected chi connectivity index (χ2v) is 6.34. The van der Waals surface area contributed by atoms with Gasteiger partial charge in [-0.15, -0.1) is 5.92 Å². The molecule has 0 saturated carbocycles. The smallest absolute Gasteiger partial charge is 0.243 e. The molecule has 0 atom stereocenters. The van der Waals surface area contributed by atoms with Crippen molar-refractivity contribution in [2.45, 2.75) is 72.1 Å². The van der Waals surface area contributed by atoms with Gasteiger partial charge in [0.25, 0.3) is 0 Å². The number of carbonyl (C=O) groups is 1. The number of amides is 1. The first-order chi connectivity index (χ1) is 11.7. The number of rotatable bonds is 12. The van der Waals surface area contributed by atoms with Crippen molar-refractivity contribution < 1.29 is 4.79 Å². The number of nitrogens with one attached hydrogen (secondary N) is 1. The Morgan fingerprint density at radius 1 is 1.00 bits per heavy atom. The highest BCUT2D eigenvalue weighted by molar-refractivity contribution is 5.87. The quantitative estimate of drug-likeness (QED) is 0.164. The third-order valence-electron chi connectivity index (χ3n) is 3.34. The Balaban J connectivity index is 3.54. The highest BCUT2D eigenvalue weighted by Gasteiger charge is 1.95. The van der Waals surface area contributed by atoms with Gasteiger partial charge in [-0.25, -0.2) is 0 Å². The minimum absolute atomic E-state index is 0.0212. The van der Waals surface area contributed by atoms with Crippen LogP contribution in [0.1, 0.15) is 72.1 Å². The predicted molar refractivity (Wildman–Crippen MR) is 106 cm³/mol. The van der Waals surface area contributed by atoms with Crippen molar-refractivity contribution in [1.29, 1.82) is 0 Å². The third kappa shape index (κ3) is 18.3. The molecule has 1 N–H and O–H groups in total. The van der Waals surface area contributed by atoms with Crippen LogP contribution in [-0.2, 0) is 4.79 Å². The minimum atomic E-state index is -0.0212. The maximum Gasteiger partial charge on any atom is 0.243 e. The summed E-state index contributed by atoms with van der Waals surface area (Å²) in [6.45, 7) is 7.10. The maximum atomic E-state index is 11.4. The number of hydrogen-bond donors (Lipinski definition) is 1. The molecule has 0 aromatic rings. The molecule has 0 rings (SSSR count). The first kappa shape index (κ1) is 22.2. The van der Waals surface area contributed by atoms with Gasteiger partial charge >= 0.3 is 0 Å². The Labute approximate surface area is 149 Å². The van der Waals surface area contributed by atoms with E-state index in [4.69, 9.17) is 0 Å². The standard InChI is InChI=1S/C22H35NO/c1-4-5-6-7-8-9-10-11-12-13-14-15-16-17-18-19-22(24)23-20-21(2)3/h11-12,16-19,21H,4-7,10,13-15,20H2,1-3H3,(H,23,24)/b12-11+,17-16+,19-18+. The molecule has 0 heterocycles. The van der Waals surface area contributed by atoms with Crippen LogP contribution < -0.4 is 5.32 Å². The summed E-state index contributed by atoms with van der Waals surface area (Å²) in [7, 11) is 0. The van der Waals surface area contributed by atoms with Crippen LogP contribution in [0.3, 0.4) is 0 Å². The number of carbonyl (C=O) groups excluding carboxylic acids is 1. The average molecular weight is 330 g/mol. The van der Waals surface area contributed by atoms with Crippen molar-refractivity contribution in [3.63, 3.8) is 0 Å². The zero-order valence-corrected chi connectivity index (χ0v) is 15.8. The fraction of sp³-hybridized carbons (Fsp3) is 0.591. The van der Waals surface area contributed by atoms with Crippen LogP contribution in [-0.4, -0.2) is 12.5 Å². The van der Waals surface area contributed by atoms with Gasteiger partial charge in [0.05, 0.1) is 0 Å². The molecular formula is C22H35NO. The number of allylic oxidation sites excluding steroid dienone is 5. The molecular weight excluding hydrogens is 294 g/mol. The first-order valence-corrected chi connectivity index (χ1v) is 9.38. The van der Waals surface area contributed by atoms with Crippen LogP contribution in [0, 0.1) is 17.8 Å². The van der Waals surface area contributed by atoms with E-state index in [1.807, 2.05) is 6.08 Å². The van der Waals surface area contributed by atoms with Gasteiger partial charge in [0, 0.05) is 25.5 Å². The lowest BCUT2D eigenvalue weighted by atomic mass is 10.2. The summed E-state index contributed by atoms with van der Waals surface area (Å²) in [5.41, 5.74) is 0. The van der Waals surface area contributed by atoms with Crippen LogP contribution >= 0.6 is 0 Å². The highest BCUT2D eigenvalue weighted by Crippen LogP contribution is 2.00. The van der Waals surface area contributed by atoms with Gasteiger partial charge in [-0.2, -0.15) is 0 Å². The van der Waals surface area contributed by atoms with E-state index < -0.39 is 0 Å². The molecule has 2 heteroatoms. The van der Waals surface area contributed by atoms with Crippen molar-refractivity contribution in [3.8, 4) is 11.8 Å². The lowest BCUT2D eigenvalue weighted by Crippen LogP contribution is -2.25. The third-order valence-corrected chi connectivity index (χ3v) is 3.34. The minimum Gasteiger partial charge on any atom is -0.352 e. The van der Waals surface area contributed by atoms with Crippen LogP contribution in [0.25, 0.3) is 0 Å². The molecule has 0 bridgehead atoms. The summed E-state index contributed by atoms with van der Waals surface area (Å²) in [5.74, 6) is 6.87. The molecule has 0 aliphatic rings. The average Bonchev–Trinajstić information content (AvgIpc) is 2.56. The fourth-order valence-corrected chi connectivity index (χ4v) is 1.92. The fourth-order valence-electron chi connectivity index (χ4n) is 1.92. The van der Waals surface area contributed by atoms with Crippen molar-refractivity contribution in [2.24, 2.45) is 5.92 Å². The second kappa shape index (κ2) is 17.6. The van der Waals surface area contributed by atoms with Crippen molar-refractivity contribution in [1.82, 2.24) is 5.32 Å². The van der Waals surface area contributed by atoms with Crippen LogP contribution in [0.15, 0.2) is 36.5 Å². The SMILES string of the molecule is CCCCCC#CC/C=C/CCC/C=C/C=C/C(=O)NCC(C)C. The first-order valence-electron chi connectivity index (χ1n) is 9.38. The molecule has 0 radical (unpaired) electrons. The summed E-state index contributed by atoms with van der Waals surface area (Å²) in [6, 6.07) is 0. The Morgan fingerprint density at radius 3 is 2.54 bits per heavy atom. The topological polar surface area (TPSA) is 29.1 Å². The van der Waals surface area contributed by atoms with Crippen LogP contribution in [0.5, 0.6) is 0 Å². The van der Waals surface area contributed by atoms with Gasteiger partial charge in [-0.05, 0) is 31.6 Å². The van der Waals surface area contributed by atoms with E-state index in [1.165, 1.54) is 19.3 Å². The van der Waals surface area contributed by atoms with Gasteiger partial charge in [-0.3, -0.25) is 4.79 Å². The largest absolute Gasteiger partial charge is 0.352 e. The van der Waals surface area contributed by atoms with Crippen molar-refractivity contribution >= 4 is 5.91 Å². The molecule has 1 amide bonds. The Bertz CT molecular complexity index is 446. The highest BCUT2D eigenvalue weighted by atomic mass is 16.1. The van der Waals surface area contributed by atoms with Gasteiger partial charge in [0.2, 0.25) is 5.91 Å². The van der Waals surface area contributed by atoms with E-state index in [9.17, 15) is 4.79 Å². The monoisotopic (exact) mass is 329 g/mol. The van der Waals surface area contributed by atoms with E-state index in [0.29, 0.717) is 5.92 Å². The Morgan fingerprint density at radius 2 is 1.79 bits per heavy atom. The van der Waals surface area contributed by atoms with Crippen LogP contribution in [0.2, 0.25) is 0 Å². The normalized spacial score (nSPS) is 11.5.